The maximum Gasteiger partial charge on any atom is 0.159 e. The van der Waals surface area contributed by atoms with Crippen molar-refractivity contribution in [1.82, 2.24) is 0 Å². The highest BCUT2D eigenvalue weighted by molar-refractivity contribution is 6.16. The summed E-state index contributed by atoms with van der Waals surface area (Å²) in [7, 11) is 0. The first-order chi connectivity index (χ1) is 30.0. The second-order valence-corrected chi connectivity index (χ2v) is 17.5. The zero-order valence-corrected chi connectivity index (χ0v) is 33.7. The quantitative estimate of drug-likeness (QED) is 0.179. The number of furan rings is 2. The fourth-order valence-electron chi connectivity index (χ4n) is 11.7. The lowest BCUT2D eigenvalue weighted by Crippen LogP contribution is -2.26. The van der Waals surface area contributed by atoms with Crippen molar-refractivity contribution >= 4 is 60.9 Å². The van der Waals surface area contributed by atoms with Crippen LogP contribution in [0.25, 0.3) is 77.3 Å². The van der Waals surface area contributed by atoms with Crippen molar-refractivity contribution in [2.45, 2.75) is 24.7 Å². The molecule has 0 N–H and O–H groups in total. The zero-order valence-electron chi connectivity index (χ0n) is 33.7. The Hall–Kier alpha value is -7.62. The third-order valence-corrected chi connectivity index (χ3v) is 14.3. The summed E-state index contributed by atoms with van der Waals surface area (Å²) in [4.78, 5) is 2.44. The van der Waals surface area contributed by atoms with Crippen molar-refractivity contribution in [3.05, 3.63) is 221 Å². The van der Waals surface area contributed by atoms with E-state index in [-0.39, 0.29) is 5.41 Å². The Kier molecular flexibility index (Phi) is 6.30. The minimum absolute atomic E-state index is 0.164. The molecule has 0 amide bonds. The van der Waals surface area contributed by atoms with Gasteiger partial charge in [0.05, 0.1) is 11.1 Å². The number of hydrogen-bond donors (Lipinski definition) is 0. The summed E-state index contributed by atoms with van der Waals surface area (Å²) in [6.45, 7) is 4.72. The lowest BCUT2D eigenvalue weighted by molar-refractivity contribution is 0.660. The van der Waals surface area contributed by atoms with Gasteiger partial charge in [-0.05, 0) is 115 Å². The van der Waals surface area contributed by atoms with E-state index in [4.69, 9.17) is 8.83 Å². The Morgan fingerprint density at radius 3 is 1.70 bits per heavy atom. The molecule has 11 aromatic rings. The minimum atomic E-state index is -0.557. The van der Waals surface area contributed by atoms with Gasteiger partial charge in [0.15, 0.2) is 5.58 Å². The summed E-state index contributed by atoms with van der Waals surface area (Å²) in [6, 6.07) is 69.2. The molecule has 0 radical (unpaired) electrons. The molecule has 1 spiro atoms. The molecule has 14 rings (SSSR count). The van der Waals surface area contributed by atoms with Gasteiger partial charge in [-0.2, -0.15) is 0 Å². The number of fused-ring (bicyclic) bond motifs is 20. The molecule has 2 heterocycles. The molecule has 0 saturated heterocycles. The average molecular weight is 780 g/mol. The van der Waals surface area contributed by atoms with Crippen LogP contribution in [0.4, 0.5) is 17.1 Å². The highest BCUT2D eigenvalue weighted by Gasteiger charge is 2.52. The first-order valence-electron chi connectivity index (χ1n) is 21.3. The molecule has 3 nitrogen and oxygen atoms in total. The molecule has 3 aliphatic rings. The monoisotopic (exact) mass is 779 g/mol. The number of rotatable bonds is 3. The van der Waals surface area contributed by atoms with Crippen molar-refractivity contribution in [3.63, 3.8) is 0 Å². The molecule has 1 atom stereocenters. The molecular formula is C58H37NO2. The Labute approximate surface area is 352 Å². The first-order valence-corrected chi connectivity index (χ1v) is 21.3. The van der Waals surface area contributed by atoms with Crippen LogP contribution in [-0.4, -0.2) is 0 Å². The van der Waals surface area contributed by atoms with Crippen LogP contribution in [0, 0.1) is 0 Å². The van der Waals surface area contributed by atoms with Gasteiger partial charge in [0, 0.05) is 38.3 Å². The smallest absolute Gasteiger partial charge is 0.159 e. The van der Waals surface area contributed by atoms with Crippen LogP contribution in [0.2, 0.25) is 0 Å². The Morgan fingerprint density at radius 1 is 0.377 bits per heavy atom. The molecule has 0 saturated carbocycles. The number of anilines is 3. The van der Waals surface area contributed by atoms with Gasteiger partial charge in [0.1, 0.15) is 16.7 Å². The van der Waals surface area contributed by atoms with Crippen molar-refractivity contribution in [1.29, 1.82) is 0 Å². The summed E-state index contributed by atoms with van der Waals surface area (Å²) in [5, 5.41) is 4.55. The van der Waals surface area contributed by atoms with Crippen LogP contribution in [-0.2, 0) is 10.8 Å². The Bertz CT molecular complexity index is 3710. The van der Waals surface area contributed by atoms with E-state index in [2.05, 4.69) is 207 Å². The van der Waals surface area contributed by atoms with E-state index in [0.29, 0.717) is 0 Å². The van der Waals surface area contributed by atoms with Gasteiger partial charge in [-0.1, -0.05) is 153 Å². The topological polar surface area (TPSA) is 29.5 Å². The van der Waals surface area contributed by atoms with Gasteiger partial charge in [-0.15, -0.1) is 0 Å². The number of nitrogens with zero attached hydrogens (tertiary/aromatic N) is 1. The highest BCUT2D eigenvalue weighted by atomic mass is 16.3. The van der Waals surface area contributed by atoms with E-state index in [1.165, 1.54) is 72.1 Å². The second-order valence-electron chi connectivity index (χ2n) is 17.5. The van der Waals surface area contributed by atoms with Gasteiger partial charge in [-0.25, -0.2) is 0 Å². The van der Waals surface area contributed by atoms with Crippen LogP contribution >= 0.6 is 0 Å². The molecule has 286 valence electrons. The van der Waals surface area contributed by atoms with E-state index >= 15 is 0 Å². The van der Waals surface area contributed by atoms with Gasteiger partial charge in [-0.3, -0.25) is 0 Å². The zero-order chi connectivity index (χ0) is 40.2. The van der Waals surface area contributed by atoms with Crippen LogP contribution in [0.1, 0.15) is 47.2 Å². The molecule has 3 heteroatoms. The van der Waals surface area contributed by atoms with E-state index in [1.807, 2.05) is 0 Å². The third kappa shape index (κ3) is 4.09. The van der Waals surface area contributed by atoms with Gasteiger partial charge in [0.2, 0.25) is 0 Å². The maximum atomic E-state index is 6.84. The van der Waals surface area contributed by atoms with E-state index in [0.717, 1.165) is 55.6 Å². The van der Waals surface area contributed by atoms with Crippen molar-refractivity contribution in [3.8, 4) is 33.4 Å². The molecule has 0 fully saturated rings. The fraction of sp³-hybridized carbons (Fsp3) is 0.0690. The molecule has 0 aliphatic heterocycles. The second kappa shape index (κ2) is 11.6. The Balaban J connectivity index is 1.07. The molecule has 61 heavy (non-hydrogen) atoms. The average Bonchev–Trinajstić information content (AvgIpc) is 4.08. The highest BCUT2D eigenvalue weighted by Crippen LogP contribution is 2.65. The summed E-state index contributed by atoms with van der Waals surface area (Å²) >= 11 is 0. The normalized spacial score (nSPS) is 16.2. The molecular weight excluding hydrogens is 743 g/mol. The van der Waals surface area contributed by atoms with Crippen LogP contribution in [0.15, 0.2) is 197 Å². The molecule has 1 unspecified atom stereocenters. The minimum Gasteiger partial charge on any atom is -0.456 e. The van der Waals surface area contributed by atoms with Crippen molar-refractivity contribution in [2.75, 3.05) is 4.90 Å². The maximum absolute atomic E-state index is 6.84. The lowest BCUT2D eigenvalue weighted by Gasteiger charge is -2.32. The summed E-state index contributed by atoms with van der Waals surface area (Å²) < 4.78 is 13.4. The third-order valence-electron chi connectivity index (χ3n) is 14.3. The molecule has 9 aromatic carbocycles. The largest absolute Gasteiger partial charge is 0.456 e. The van der Waals surface area contributed by atoms with E-state index in [1.54, 1.807) is 0 Å². The van der Waals surface area contributed by atoms with Gasteiger partial charge < -0.3 is 13.7 Å². The van der Waals surface area contributed by atoms with Crippen LogP contribution in [0.5, 0.6) is 0 Å². The van der Waals surface area contributed by atoms with Crippen molar-refractivity contribution < 1.29 is 8.83 Å². The summed E-state index contributed by atoms with van der Waals surface area (Å²) in [6.07, 6.45) is 0. The summed E-state index contributed by atoms with van der Waals surface area (Å²) in [5.41, 5.74) is 21.6. The summed E-state index contributed by atoms with van der Waals surface area (Å²) in [5.74, 6) is 0. The molecule has 0 bridgehead atoms. The van der Waals surface area contributed by atoms with Crippen LogP contribution in [0.3, 0.4) is 0 Å². The number of para-hydroxylation sites is 3. The van der Waals surface area contributed by atoms with Gasteiger partial charge in [0.25, 0.3) is 0 Å². The Morgan fingerprint density at radius 2 is 0.934 bits per heavy atom. The first kappa shape index (κ1) is 33.2. The predicted octanol–water partition coefficient (Wildman–Crippen LogP) is 15.6. The standard InChI is InChI=1S/C58H37NO2/c1-57(2)44-20-8-3-14-36(44)38-28-26-34(32-48(38)57)59(50-23-13-19-41-40-16-6-11-24-51(40)61-56(41)50)35-27-29-39-37-15-4-9-21-45(37)58(49(39)33-35)46-22-10-5-17-42(46)54-47(58)30-31-53-55(54)43-18-7-12-25-52(43)60-53/h3-33H,1-2H3. The number of hydrogen-bond acceptors (Lipinski definition) is 3. The fourth-order valence-corrected chi connectivity index (χ4v) is 11.7. The predicted molar refractivity (Wildman–Crippen MR) is 250 cm³/mol. The van der Waals surface area contributed by atoms with E-state index in [9.17, 15) is 0 Å². The SMILES string of the molecule is CC1(C)c2ccccc2-c2ccc(N(c3ccc4c(c3)C3(c5ccccc5-4)c4ccccc4-c4c3ccc3oc5ccccc5c43)c3cccc4c3oc3ccccc34)cc21. The number of benzene rings is 9. The van der Waals surface area contributed by atoms with Crippen molar-refractivity contribution in [2.24, 2.45) is 0 Å². The van der Waals surface area contributed by atoms with Crippen LogP contribution < -0.4 is 4.90 Å². The molecule has 2 aromatic heterocycles. The van der Waals surface area contributed by atoms with Gasteiger partial charge >= 0.3 is 0 Å². The molecule has 3 aliphatic carbocycles. The van der Waals surface area contributed by atoms with E-state index < -0.39 is 5.41 Å². The lowest BCUT2D eigenvalue weighted by atomic mass is 9.70.